The molecule has 4 heteroatoms. The van der Waals surface area contributed by atoms with Crippen molar-refractivity contribution in [3.05, 3.63) is 53.4 Å². The predicted octanol–water partition coefficient (Wildman–Crippen LogP) is 2.65. The second kappa shape index (κ2) is 5.31. The van der Waals surface area contributed by atoms with Crippen LogP contribution in [0.5, 0.6) is 0 Å². The number of hydrogen-bond acceptors (Lipinski definition) is 2. The molecule has 96 valence electrons. The van der Waals surface area contributed by atoms with Crippen LogP contribution in [0, 0.1) is 5.82 Å². The number of aromatic nitrogens is 2. The van der Waals surface area contributed by atoms with Crippen LogP contribution >= 0.6 is 0 Å². The summed E-state index contributed by atoms with van der Waals surface area (Å²) in [7, 11) is 0. The summed E-state index contributed by atoms with van der Waals surface area (Å²) >= 11 is 0. The lowest BCUT2D eigenvalue weighted by atomic mass is 10.2. The van der Waals surface area contributed by atoms with Gasteiger partial charge in [-0.3, -0.25) is 0 Å². The van der Waals surface area contributed by atoms with Gasteiger partial charge < -0.3 is 10.3 Å². The maximum Gasteiger partial charge on any atom is 0.123 e. The zero-order valence-electron chi connectivity index (χ0n) is 10.7. The first-order chi connectivity index (χ1) is 8.60. The SMILES string of the molecule is CCc1nc([C@@H](C)N)cn1Cc1cccc(F)c1. The molecule has 0 aliphatic rings. The predicted molar refractivity (Wildman–Crippen MR) is 69.7 cm³/mol. The van der Waals surface area contributed by atoms with E-state index in [9.17, 15) is 4.39 Å². The van der Waals surface area contributed by atoms with E-state index in [0.29, 0.717) is 6.54 Å². The van der Waals surface area contributed by atoms with Gasteiger partial charge in [-0.2, -0.15) is 0 Å². The number of halogens is 1. The zero-order valence-corrected chi connectivity index (χ0v) is 10.7. The standard InChI is InChI=1S/C14H18FN3/c1-3-14-17-13(10(2)16)9-18(14)8-11-5-4-6-12(15)7-11/h4-7,9-10H,3,8,16H2,1-2H3/t10-/m1/s1. The summed E-state index contributed by atoms with van der Waals surface area (Å²) in [5, 5.41) is 0. The van der Waals surface area contributed by atoms with Crippen molar-refractivity contribution >= 4 is 0 Å². The summed E-state index contributed by atoms with van der Waals surface area (Å²) in [6, 6.07) is 6.55. The van der Waals surface area contributed by atoms with Crippen LogP contribution < -0.4 is 5.73 Å². The summed E-state index contributed by atoms with van der Waals surface area (Å²) in [4.78, 5) is 4.49. The van der Waals surface area contributed by atoms with Gasteiger partial charge in [0.05, 0.1) is 5.69 Å². The third-order valence-corrected chi connectivity index (χ3v) is 2.90. The maximum atomic E-state index is 13.1. The van der Waals surface area contributed by atoms with Crippen molar-refractivity contribution in [1.29, 1.82) is 0 Å². The number of aryl methyl sites for hydroxylation is 1. The van der Waals surface area contributed by atoms with Crippen molar-refractivity contribution in [2.45, 2.75) is 32.9 Å². The maximum absolute atomic E-state index is 13.1. The summed E-state index contributed by atoms with van der Waals surface area (Å²) in [5.74, 6) is 0.768. The molecule has 0 fully saturated rings. The van der Waals surface area contributed by atoms with E-state index in [4.69, 9.17) is 5.73 Å². The van der Waals surface area contributed by atoms with Crippen molar-refractivity contribution in [3.63, 3.8) is 0 Å². The fourth-order valence-electron chi connectivity index (χ4n) is 1.95. The normalized spacial score (nSPS) is 12.7. The summed E-state index contributed by atoms with van der Waals surface area (Å²) in [6.45, 7) is 4.59. The van der Waals surface area contributed by atoms with E-state index >= 15 is 0 Å². The van der Waals surface area contributed by atoms with Gasteiger partial charge in [-0.1, -0.05) is 19.1 Å². The Kier molecular flexibility index (Phi) is 3.77. The highest BCUT2D eigenvalue weighted by atomic mass is 19.1. The lowest BCUT2D eigenvalue weighted by Gasteiger charge is -2.06. The number of rotatable bonds is 4. The van der Waals surface area contributed by atoms with Gasteiger partial charge in [-0.05, 0) is 24.6 Å². The molecular formula is C14H18FN3. The largest absolute Gasteiger partial charge is 0.330 e. The van der Waals surface area contributed by atoms with Crippen LogP contribution in [0.25, 0.3) is 0 Å². The van der Waals surface area contributed by atoms with Crippen LogP contribution in [-0.2, 0) is 13.0 Å². The molecule has 1 aromatic heterocycles. The van der Waals surface area contributed by atoms with Gasteiger partial charge in [-0.15, -0.1) is 0 Å². The van der Waals surface area contributed by atoms with E-state index in [1.165, 1.54) is 6.07 Å². The van der Waals surface area contributed by atoms with Gasteiger partial charge in [0, 0.05) is 25.2 Å². The number of imidazole rings is 1. The molecule has 0 aliphatic heterocycles. The first kappa shape index (κ1) is 12.8. The Labute approximate surface area is 106 Å². The molecular weight excluding hydrogens is 229 g/mol. The summed E-state index contributed by atoms with van der Waals surface area (Å²) in [5.41, 5.74) is 7.64. The number of nitrogens with zero attached hydrogens (tertiary/aromatic N) is 2. The van der Waals surface area contributed by atoms with Crippen molar-refractivity contribution < 1.29 is 4.39 Å². The van der Waals surface area contributed by atoms with Crippen molar-refractivity contribution in [1.82, 2.24) is 9.55 Å². The minimum Gasteiger partial charge on any atom is -0.330 e. The van der Waals surface area contributed by atoms with Crippen molar-refractivity contribution in [3.8, 4) is 0 Å². The Hall–Kier alpha value is -1.68. The molecule has 18 heavy (non-hydrogen) atoms. The molecule has 1 atom stereocenters. The number of benzene rings is 1. The molecule has 2 rings (SSSR count). The highest BCUT2D eigenvalue weighted by molar-refractivity contribution is 5.18. The third-order valence-electron chi connectivity index (χ3n) is 2.90. The van der Waals surface area contributed by atoms with E-state index in [0.717, 1.165) is 23.5 Å². The molecule has 1 aromatic carbocycles. The van der Waals surface area contributed by atoms with Gasteiger partial charge >= 0.3 is 0 Å². The monoisotopic (exact) mass is 247 g/mol. The fraction of sp³-hybridized carbons (Fsp3) is 0.357. The highest BCUT2D eigenvalue weighted by Gasteiger charge is 2.09. The van der Waals surface area contributed by atoms with E-state index in [1.807, 2.05) is 23.8 Å². The molecule has 1 heterocycles. The third kappa shape index (κ3) is 2.76. The molecule has 0 unspecified atom stereocenters. The van der Waals surface area contributed by atoms with Crippen molar-refractivity contribution in [2.75, 3.05) is 0 Å². The quantitative estimate of drug-likeness (QED) is 0.902. The summed E-state index contributed by atoms with van der Waals surface area (Å²) < 4.78 is 15.2. The lowest BCUT2D eigenvalue weighted by molar-refractivity contribution is 0.622. The van der Waals surface area contributed by atoms with Crippen LogP contribution in [0.15, 0.2) is 30.5 Å². The van der Waals surface area contributed by atoms with Gasteiger partial charge in [0.15, 0.2) is 0 Å². The minimum absolute atomic E-state index is 0.0796. The molecule has 0 saturated heterocycles. The molecule has 3 nitrogen and oxygen atoms in total. The first-order valence-electron chi connectivity index (χ1n) is 6.16. The van der Waals surface area contributed by atoms with E-state index in [1.54, 1.807) is 12.1 Å². The van der Waals surface area contributed by atoms with Crippen LogP contribution in [0.2, 0.25) is 0 Å². The molecule has 0 radical (unpaired) electrons. The number of hydrogen-bond donors (Lipinski definition) is 1. The first-order valence-corrected chi connectivity index (χ1v) is 6.16. The second-order valence-electron chi connectivity index (χ2n) is 4.48. The van der Waals surface area contributed by atoms with Crippen molar-refractivity contribution in [2.24, 2.45) is 5.73 Å². The highest BCUT2D eigenvalue weighted by Crippen LogP contribution is 2.13. The summed E-state index contributed by atoms with van der Waals surface area (Å²) in [6.07, 6.45) is 2.79. The molecule has 2 aromatic rings. The van der Waals surface area contributed by atoms with Gasteiger partial charge in [0.1, 0.15) is 11.6 Å². The Bertz CT molecular complexity index is 532. The average molecular weight is 247 g/mol. The topological polar surface area (TPSA) is 43.8 Å². The lowest BCUT2D eigenvalue weighted by Crippen LogP contribution is -2.05. The van der Waals surface area contributed by atoms with E-state index in [2.05, 4.69) is 11.9 Å². The fourth-order valence-corrected chi connectivity index (χ4v) is 1.95. The van der Waals surface area contributed by atoms with Gasteiger partial charge in [-0.25, -0.2) is 9.37 Å². The van der Waals surface area contributed by atoms with Crippen LogP contribution in [0.4, 0.5) is 4.39 Å². The Morgan fingerprint density at radius 2 is 2.22 bits per heavy atom. The molecule has 0 bridgehead atoms. The Morgan fingerprint density at radius 3 is 2.83 bits per heavy atom. The molecule has 0 saturated carbocycles. The molecule has 0 amide bonds. The molecule has 0 aliphatic carbocycles. The van der Waals surface area contributed by atoms with Gasteiger partial charge in [0.25, 0.3) is 0 Å². The minimum atomic E-state index is -0.210. The Morgan fingerprint density at radius 1 is 1.44 bits per heavy atom. The van der Waals surface area contributed by atoms with Crippen LogP contribution in [-0.4, -0.2) is 9.55 Å². The number of nitrogens with two attached hydrogens (primary N) is 1. The van der Waals surface area contributed by atoms with Gasteiger partial charge in [0.2, 0.25) is 0 Å². The van der Waals surface area contributed by atoms with Crippen LogP contribution in [0.3, 0.4) is 0 Å². The second-order valence-corrected chi connectivity index (χ2v) is 4.48. The molecule has 0 spiro atoms. The van der Waals surface area contributed by atoms with E-state index in [-0.39, 0.29) is 11.9 Å². The Balaban J connectivity index is 2.28. The zero-order chi connectivity index (χ0) is 13.1. The van der Waals surface area contributed by atoms with E-state index < -0.39 is 0 Å². The smallest absolute Gasteiger partial charge is 0.123 e. The molecule has 2 N–H and O–H groups in total. The van der Waals surface area contributed by atoms with Crippen LogP contribution in [0.1, 0.15) is 37.0 Å². The average Bonchev–Trinajstić information content (AvgIpc) is 2.72.